The predicted molar refractivity (Wildman–Crippen MR) is 122 cm³/mol. The van der Waals surface area contributed by atoms with Gasteiger partial charge in [0, 0.05) is 35.8 Å². The molecule has 1 amide bonds. The van der Waals surface area contributed by atoms with Crippen LogP contribution in [0.3, 0.4) is 0 Å². The number of carbonyl (C=O) groups is 1. The quantitative estimate of drug-likeness (QED) is 0.608. The van der Waals surface area contributed by atoms with Crippen LogP contribution < -0.4 is 5.32 Å². The summed E-state index contributed by atoms with van der Waals surface area (Å²) >= 11 is 7.79. The van der Waals surface area contributed by atoms with Crippen molar-refractivity contribution in [3.8, 4) is 0 Å². The molecule has 172 valence electrons. The van der Waals surface area contributed by atoms with Crippen LogP contribution in [-0.4, -0.2) is 46.6 Å². The Morgan fingerprint density at radius 2 is 1.91 bits per heavy atom. The van der Waals surface area contributed by atoms with Crippen LogP contribution in [0, 0.1) is 5.92 Å². The zero-order chi connectivity index (χ0) is 22.9. The van der Waals surface area contributed by atoms with E-state index in [1.165, 1.54) is 30.4 Å². The number of carbonyl (C=O) groups excluding carboxylic acids is 1. The minimum Gasteiger partial charge on any atom is -0.367 e. The summed E-state index contributed by atoms with van der Waals surface area (Å²) in [6, 6.07) is 6.87. The number of amides is 1. The number of hydrogen-bond donors (Lipinski definition) is 1. The lowest BCUT2D eigenvalue weighted by Gasteiger charge is -2.33. The van der Waals surface area contributed by atoms with Crippen LogP contribution in [0.25, 0.3) is 0 Å². The molecule has 1 saturated heterocycles. The lowest BCUT2D eigenvalue weighted by Crippen LogP contribution is -2.43. The maximum Gasteiger partial charge on any atom is 0.413 e. The molecule has 4 nitrogen and oxygen atoms in total. The van der Waals surface area contributed by atoms with E-state index in [4.69, 9.17) is 11.6 Å². The van der Waals surface area contributed by atoms with Gasteiger partial charge < -0.3 is 10.2 Å². The van der Waals surface area contributed by atoms with Crippen molar-refractivity contribution < 1.29 is 18.0 Å². The van der Waals surface area contributed by atoms with Gasteiger partial charge >= 0.3 is 6.18 Å². The second-order valence-electron chi connectivity index (χ2n) is 8.42. The van der Waals surface area contributed by atoms with Gasteiger partial charge in [0.15, 0.2) is 6.04 Å². The predicted octanol–water partition coefficient (Wildman–Crippen LogP) is 5.52. The SMILES string of the molecule is CN(C(=O)C1CCSCC1)[C@@H](c1ccc(NC2Cc3ccc(Cl)cc3C2)nc1)C(F)(F)F. The maximum absolute atomic E-state index is 13.9. The third kappa shape index (κ3) is 5.17. The molecule has 4 rings (SSSR count). The molecule has 1 aliphatic carbocycles. The summed E-state index contributed by atoms with van der Waals surface area (Å²) in [4.78, 5) is 17.8. The first-order valence-corrected chi connectivity index (χ1v) is 12.2. The highest BCUT2D eigenvalue weighted by atomic mass is 35.5. The van der Waals surface area contributed by atoms with Crippen molar-refractivity contribution in [2.24, 2.45) is 5.92 Å². The molecule has 2 aliphatic rings. The molecule has 0 spiro atoms. The summed E-state index contributed by atoms with van der Waals surface area (Å²) in [5.74, 6) is 1.33. The van der Waals surface area contributed by atoms with E-state index in [2.05, 4.69) is 10.3 Å². The van der Waals surface area contributed by atoms with Gasteiger partial charge in [0.1, 0.15) is 5.82 Å². The molecule has 32 heavy (non-hydrogen) atoms. The van der Waals surface area contributed by atoms with Crippen LogP contribution in [0.1, 0.15) is 35.6 Å². The van der Waals surface area contributed by atoms with Crippen molar-refractivity contribution in [2.75, 3.05) is 23.9 Å². The highest BCUT2D eigenvalue weighted by Gasteiger charge is 2.46. The average Bonchev–Trinajstić information content (AvgIpc) is 3.15. The van der Waals surface area contributed by atoms with E-state index in [1.54, 1.807) is 17.8 Å². The highest BCUT2D eigenvalue weighted by Crippen LogP contribution is 2.39. The van der Waals surface area contributed by atoms with Crippen LogP contribution in [0.5, 0.6) is 0 Å². The van der Waals surface area contributed by atoms with E-state index in [0.29, 0.717) is 23.7 Å². The lowest BCUT2D eigenvalue weighted by molar-refractivity contribution is -0.190. The maximum atomic E-state index is 13.9. The van der Waals surface area contributed by atoms with Crippen LogP contribution in [0.2, 0.25) is 5.02 Å². The van der Waals surface area contributed by atoms with Crippen molar-refractivity contribution in [1.82, 2.24) is 9.88 Å². The number of pyridine rings is 1. The molecule has 1 N–H and O–H groups in total. The van der Waals surface area contributed by atoms with Gasteiger partial charge in [0.25, 0.3) is 0 Å². The average molecular weight is 484 g/mol. The molecule has 1 aromatic carbocycles. The van der Waals surface area contributed by atoms with Crippen LogP contribution in [0.4, 0.5) is 19.0 Å². The van der Waals surface area contributed by atoms with Crippen molar-refractivity contribution in [3.05, 3.63) is 58.2 Å². The second-order valence-corrected chi connectivity index (χ2v) is 10.1. The number of nitrogens with one attached hydrogen (secondary N) is 1. The molecular formula is C23H25ClF3N3OS. The van der Waals surface area contributed by atoms with E-state index in [-0.39, 0.29) is 17.5 Å². The number of rotatable bonds is 5. The van der Waals surface area contributed by atoms with E-state index in [9.17, 15) is 18.0 Å². The smallest absolute Gasteiger partial charge is 0.367 e. The van der Waals surface area contributed by atoms with Crippen LogP contribution in [0.15, 0.2) is 36.5 Å². The number of alkyl halides is 3. The van der Waals surface area contributed by atoms with Gasteiger partial charge in [0.05, 0.1) is 0 Å². The van der Waals surface area contributed by atoms with Gasteiger partial charge in [-0.2, -0.15) is 24.9 Å². The van der Waals surface area contributed by atoms with Gasteiger partial charge in [-0.05, 0) is 66.5 Å². The van der Waals surface area contributed by atoms with E-state index in [0.717, 1.165) is 29.2 Å². The first-order chi connectivity index (χ1) is 15.2. The molecule has 1 unspecified atom stereocenters. The van der Waals surface area contributed by atoms with Crippen molar-refractivity contribution in [3.63, 3.8) is 0 Å². The largest absolute Gasteiger partial charge is 0.413 e. The monoisotopic (exact) mass is 483 g/mol. The van der Waals surface area contributed by atoms with Gasteiger partial charge in [-0.3, -0.25) is 4.79 Å². The molecule has 2 heterocycles. The van der Waals surface area contributed by atoms with E-state index < -0.39 is 18.1 Å². The Balaban J connectivity index is 1.46. The number of thioether (sulfide) groups is 1. The van der Waals surface area contributed by atoms with E-state index in [1.807, 2.05) is 18.2 Å². The topological polar surface area (TPSA) is 45.2 Å². The number of aromatic nitrogens is 1. The van der Waals surface area contributed by atoms with Crippen molar-refractivity contribution in [1.29, 1.82) is 0 Å². The lowest BCUT2D eigenvalue weighted by atomic mass is 9.99. The number of fused-ring (bicyclic) bond motifs is 1. The zero-order valence-corrected chi connectivity index (χ0v) is 19.2. The Hall–Kier alpha value is -1.93. The first-order valence-electron chi connectivity index (χ1n) is 10.6. The Morgan fingerprint density at radius 1 is 1.19 bits per heavy atom. The van der Waals surface area contributed by atoms with Gasteiger partial charge in [-0.1, -0.05) is 23.7 Å². The Labute approximate surface area is 194 Å². The molecule has 0 saturated carbocycles. The normalized spacial score (nSPS) is 20.0. The summed E-state index contributed by atoms with van der Waals surface area (Å²) in [5.41, 5.74) is 2.34. The first kappa shape index (κ1) is 23.2. The number of halogens is 4. The molecule has 0 radical (unpaired) electrons. The van der Waals surface area contributed by atoms with Gasteiger partial charge in [0.2, 0.25) is 5.91 Å². The fourth-order valence-electron chi connectivity index (χ4n) is 4.54. The molecule has 0 bridgehead atoms. The molecule has 1 fully saturated rings. The number of benzene rings is 1. The van der Waals surface area contributed by atoms with Gasteiger partial charge in [-0.15, -0.1) is 0 Å². The van der Waals surface area contributed by atoms with Gasteiger partial charge in [-0.25, -0.2) is 4.98 Å². The molecule has 2 aromatic rings. The van der Waals surface area contributed by atoms with E-state index >= 15 is 0 Å². The number of hydrogen-bond acceptors (Lipinski definition) is 4. The Morgan fingerprint density at radius 3 is 2.56 bits per heavy atom. The third-order valence-corrected chi connectivity index (χ3v) is 7.45. The summed E-state index contributed by atoms with van der Waals surface area (Å²) in [5, 5.41) is 3.99. The standard InChI is InChI=1S/C23H25ClF3N3OS/c1-30(22(31)14-6-8-32-9-7-14)21(23(25,26)27)16-3-5-20(28-13-16)29-19-11-15-2-4-18(24)10-17(15)12-19/h2-5,10,13-14,19,21H,6-9,11-12H2,1H3,(H,28,29)/t19?,21-/m0/s1. The summed E-state index contributed by atoms with van der Waals surface area (Å²) < 4.78 is 41.8. The zero-order valence-electron chi connectivity index (χ0n) is 17.7. The van der Waals surface area contributed by atoms with Crippen LogP contribution >= 0.6 is 23.4 Å². The molecule has 9 heteroatoms. The Bertz CT molecular complexity index is 964. The summed E-state index contributed by atoms with van der Waals surface area (Å²) in [7, 11) is 1.25. The van der Waals surface area contributed by atoms with Crippen molar-refractivity contribution >= 4 is 35.1 Å². The van der Waals surface area contributed by atoms with Crippen molar-refractivity contribution in [2.45, 2.75) is 43.9 Å². The highest BCUT2D eigenvalue weighted by molar-refractivity contribution is 7.99. The molecule has 1 aliphatic heterocycles. The second kappa shape index (κ2) is 9.51. The number of anilines is 1. The fourth-order valence-corrected chi connectivity index (χ4v) is 5.84. The molecular weight excluding hydrogens is 459 g/mol. The molecule has 1 aromatic heterocycles. The summed E-state index contributed by atoms with van der Waals surface area (Å²) in [6.07, 6.45) is -0.542. The third-order valence-electron chi connectivity index (χ3n) is 6.17. The summed E-state index contributed by atoms with van der Waals surface area (Å²) in [6.45, 7) is 0. The molecule has 2 atom stereocenters. The number of nitrogens with zero attached hydrogens (tertiary/aromatic N) is 2. The Kier molecular flexibility index (Phi) is 6.91. The minimum absolute atomic E-state index is 0.0365. The van der Waals surface area contributed by atoms with Crippen LogP contribution in [-0.2, 0) is 17.6 Å². The minimum atomic E-state index is -4.59. The fraction of sp³-hybridized carbons (Fsp3) is 0.478.